The van der Waals surface area contributed by atoms with Crippen molar-refractivity contribution in [3.63, 3.8) is 0 Å². The van der Waals surface area contributed by atoms with Crippen molar-refractivity contribution in [3.05, 3.63) is 152 Å². The Labute approximate surface area is 232 Å². The molecule has 0 aliphatic rings. The molecule has 0 atom stereocenters. The van der Waals surface area contributed by atoms with Crippen molar-refractivity contribution < 1.29 is 0 Å². The first-order valence-corrected chi connectivity index (χ1v) is 13.6. The lowest BCUT2D eigenvalue weighted by Gasteiger charge is -2.13. The second kappa shape index (κ2) is 9.11. The van der Waals surface area contributed by atoms with Crippen LogP contribution in [0.5, 0.6) is 0 Å². The molecule has 0 saturated heterocycles. The molecule has 188 valence electrons. The van der Waals surface area contributed by atoms with E-state index in [-0.39, 0.29) is 0 Å². The lowest BCUT2D eigenvalue weighted by Crippen LogP contribution is -2.02. The molecule has 0 spiro atoms. The molecule has 0 N–H and O–H groups in total. The summed E-state index contributed by atoms with van der Waals surface area (Å²) in [4.78, 5) is 5.07. The van der Waals surface area contributed by atoms with Crippen molar-refractivity contribution in [2.24, 2.45) is 0 Å². The quantitative estimate of drug-likeness (QED) is 0.231. The normalized spacial score (nSPS) is 11.5. The minimum atomic E-state index is 0.919. The van der Waals surface area contributed by atoms with Crippen LogP contribution in [-0.4, -0.2) is 14.1 Å². The standard InChI is InChI=1S/C37H25N3/c1-3-12-26(13-4-1)28-16-11-17-29(24-28)39-25-33(27-14-5-2-6-15-27)32-22-23-38-37(36(32)39)40-34-20-9-7-18-30(34)31-19-8-10-21-35(31)40/h1-25H. The van der Waals surface area contributed by atoms with Crippen LogP contribution in [0.1, 0.15) is 0 Å². The Bertz CT molecular complexity index is 2100. The highest BCUT2D eigenvalue weighted by atomic mass is 15.1. The maximum Gasteiger partial charge on any atom is 0.162 e. The lowest BCUT2D eigenvalue weighted by molar-refractivity contribution is 1.05. The van der Waals surface area contributed by atoms with Gasteiger partial charge in [-0.1, -0.05) is 109 Å². The number of para-hydroxylation sites is 2. The molecule has 0 radical (unpaired) electrons. The first-order valence-electron chi connectivity index (χ1n) is 13.6. The Hall–Kier alpha value is -5.41. The van der Waals surface area contributed by atoms with Crippen molar-refractivity contribution in [1.29, 1.82) is 0 Å². The van der Waals surface area contributed by atoms with E-state index in [0.717, 1.165) is 28.1 Å². The van der Waals surface area contributed by atoms with Gasteiger partial charge in [-0.25, -0.2) is 4.98 Å². The summed E-state index contributed by atoms with van der Waals surface area (Å²) in [5.41, 5.74) is 9.23. The van der Waals surface area contributed by atoms with E-state index in [4.69, 9.17) is 4.98 Å². The predicted molar refractivity (Wildman–Crippen MR) is 166 cm³/mol. The minimum absolute atomic E-state index is 0.919. The fourth-order valence-corrected chi connectivity index (χ4v) is 5.99. The highest BCUT2D eigenvalue weighted by molar-refractivity contribution is 6.11. The molecule has 0 saturated carbocycles. The van der Waals surface area contributed by atoms with Crippen LogP contribution in [0.3, 0.4) is 0 Å². The van der Waals surface area contributed by atoms with Gasteiger partial charge in [-0.05, 0) is 47.0 Å². The summed E-state index contributed by atoms with van der Waals surface area (Å²) in [5.74, 6) is 0.919. The van der Waals surface area contributed by atoms with Gasteiger partial charge in [-0.15, -0.1) is 0 Å². The number of hydrogen-bond acceptors (Lipinski definition) is 1. The first-order chi connectivity index (χ1) is 19.9. The molecule has 3 heteroatoms. The average Bonchev–Trinajstić information content (AvgIpc) is 3.59. The van der Waals surface area contributed by atoms with Crippen molar-refractivity contribution >= 4 is 32.7 Å². The van der Waals surface area contributed by atoms with Gasteiger partial charge in [0.1, 0.15) is 0 Å². The lowest BCUT2D eigenvalue weighted by atomic mass is 10.1. The second-order valence-corrected chi connectivity index (χ2v) is 10.1. The average molecular weight is 512 g/mol. The number of benzene rings is 5. The number of pyridine rings is 1. The highest BCUT2D eigenvalue weighted by Crippen LogP contribution is 2.39. The van der Waals surface area contributed by atoms with Gasteiger partial charge in [0.25, 0.3) is 0 Å². The van der Waals surface area contributed by atoms with Gasteiger partial charge in [-0.2, -0.15) is 0 Å². The van der Waals surface area contributed by atoms with Gasteiger partial charge in [0, 0.05) is 39.8 Å². The number of nitrogens with zero attached hydrogens (tertiary/aromatic N) is 3. The van der Waals surface area contributed by atoms with Gasteiger partial charge in [0.15, 0.2) is 5.82 Å². The Balaban J connectivity index is 1.48. The third-order valence-electron chi connectivity index (χ3n) is 7.80. The molecule has 0 bridgehead atoms. The third kappa shape index (κ3) is 3.49. The van der Waals surface area contributed by atoms with E-state index in [0.29, 0.717) is 0 Å². The molecule has 0 aliphatic heterocycles. The number of aromatic nitrogens is 3. The van der Waals surface area contributed by atoms with Crippen LogP contribution >= 0.6 is 0 Å². The Morgan fingerprint density at radius 2 is 1.07 bits per heavy atom. The molecule has 0 unspecified atom stereocenters. The van der Waals surface area contributed by atoms with Crippen LogP contribution in [0.2, 0.25) is 0 Å². The van der Waals surface area contributed by atoms with Crippen molar-refractivity contribution in [2.75, 3.05) is 0 Å². The van der Waals surface area contributed by atoms with E-state index in [1.165, 1.54) is 38.4 Å². The molecule has 8 rings (SSSR count). The topological polar surface area (TPSA) is 22.8 Å². The summed E-state index contributed by atoms with van der Waals surface area (Å²) in [6, 6.07) is 49.3. The summed E-state index contributed by atoms with van der Waals surface area (Å²) < 4.78 is 4.63. The van der Waals surface area contributed by atoms with Gasteiger partial charge < -0.3 is 4.57 Å². The molecule has 0 fully saturated rings. The van der Waals surface area contributed by atoms with E-state index in [1.807, 2.05) is 6.20 Å². The largest absolute Gasteiger partial charge is 0.313 e. The zero-order valence-corrected chi connectivity index (χ0v) is 21.8. The monoisotopic (exact) mass is 511 g/mol. The molecule has 5 aromatic carbocycles. The second-order valence-electron chi connectivity index (χ2n) is 10.1. The van der Waals surface area contributed by atoms with Crippen LogP contribution in [0.25, 0.3) is 66.5 Å². The van der Waals surface area contributed by atoms with Crippen LogP contribution < -0.4 is 0 Å². The first kappa shape index (κ1) is 22.6. The Kier molecular flexibility index (Phi) is 5.14. The van der Waals surface area contributed by atoms with E-state index >= 15 is 0 Å². The summed E-state index contributed by atoms with van der Waals surface area (Å²) in [6.45, 7) is 0. The predicted octanol–water partition coefficient (Wildman–Crippen LogP) is 9.46. The molecule has 3 nitrogen and oxygen atoms in total. The van der Waals surface area contributed by atoms with E-state index in [2.05, 4.69) is 155 Å². The summed E-state index contributed by atoms with van der Waals surface area (Å²) >= 11 is 0. The van der Waals surface area contributed by atoms with Crippen molar-refractivity contribution in [3.8, 4) is 33.8 Å². The fraction of sp³-hybridized carbons (Fsp3) is 0. The molecular formula is C37H25N3. The van der Waals surface area contributed by atoms with Crippen LogP contribution in [0.15, 0.2) is 152 Å². The number of hydrogen-bond donors (Lipinski definition) is 0. The van der Waals surface area contributed by atoms with Crippen LogP contribution in [0, 0.1) is 0 Å². The molecule has 0 aliphatic carbocycles. The summed E-state index contributed by atoms with van der Waals surface area (Å²) in [7, 11) is 0. The summed E-state index contributed by atoms with van der Waals surface area (Å²) in [5, 5.41) is 3.62. The van der Waals surface area contributed by atoms with Gasteiger partial charge in [0.05, 0.1) is 16.6 Å². The highest BCUT2D eigenvalue weighted by Gasteiger charge is 2.20. The number of rotatable bonds is 4. The smallest absolute Gasteiger partial charge is 0.162 e. The van der Waals surface area contributed by atoms with Gasteiger partial charge in [0.2, 0.25) is 0 Å². The van der Waals surface area contributed by atoms with Gasteiger partial charge in [-0.3, -0.25) is 4.57 Å². The van der Waals surface area contributed by atoms with Crippen molar-refractivity contribution in [2.45, 2.75) is 0 Å². The molecule has 3 heterocycles. The maximum atomic E-state index is 5.07. The SMILES string of the molecule is c1ccc(-c2cccc(-n3cc(-c4ccccc4)c4ccnc(-n5c6ccccc6c6ccccc65)c43)c2)cc1. The zero-order valence-electron chi connectivity index (χ0n) is 21.8. The van der Waals surface area contributed by atoms with E-state index in [1.54, 1.807) is 0 Å². The zero-order chi connectivity index (χ0) is 26.5. The van der Waals surface area contributed by atoms with E-state index < -0.39 is 0 Å². The number of fused-ring (bicyclic) bond motifs is 4. The molecular weight excluding hydrogens is 486 g/mol. The van der Waals surface area contributed by atoms with Gasteiger partial charge >= 0.3 is 0 Å². The maximum absolute atomic E-state index is 5.07. The summed E-state index contributed by atoms with van der Waals surface area (Å²) in [6.07, 6.45) is 4.21. The fourth-order valence-electron chi connectivity index (χ4n) is 5.99. The minimum Gasteiger partial charge on any atom is -0.313 e. The van der Waals surface area contributed by atoms with Crippen LogP contribution in [0.4, 0.5) is 0 Å². The molecule has 40 heavy (non-hydrogen) atoms. The molecule has 0 amide bonds. The Morgan fingerprint density at radius 3 is 1.77 bits per heavy atom. The molecule has 8 aromatic rings. The Morgan fingerprint density at radius 1 is 0.475 bits per heavy atom. The van der Waals surface area contributed by atoms with Crippen LogP contribution in [-0.2, 0) is 0 Å². The molecule has 3 aromatic heterocycles. The van der Waals surface area contributed by atoms with Crippen molar-refractivity contribution in [1.82, 2.24) is 14.1 Å². The van der Waals surface area contributed by atoms with E-state index in [9.17, 15) is 0 Å². The third-order valence-corrected chi connectivity index (χ3v) is 7.80.